The number of carbonyl (C=O) groups is 1. The van der Waals surface area contributed by atoms with Crippen molar-refractivity contribution in [2.24, 2.45) is 0 Å². The Morgan fingerprint density at radius 3 is 2.13 bits per heavy atom. The molecular formula is C18H17Br2NO2. The van der Waals surface area contributed by atoms with Gasteiger partial charge in [0.15, 0.2) is 0 Å². The van der Waals surface area contributed by atoms with E-state index >= 15 is 0 Å². The van der Waals surface area contributed by atoms with Gasteiger partial charge in [-0.1, -0.05) is 43.2 Å². The van der Waals surface area contributed by atoms with Crippen LogP contribution >= 0.6 is 31.9 Å². The average Bonchev–Trinajstić information content (AvgIpc) is 3.05. The van der Waals surface area contributed by atoms with E-state index in [4.69, 9.17) is 0 Å². The first-order valence-electron chi connectivity index (χ1n) is 7.57. The van der Waals surface area contributed by atoms with Crippen LogP contribution in [0, 0.1) is 0 Å². The summed E-state index contributed by atoms with van der Waals surface area (Å²) in [5, 5.41) is 9.93. The maximum Gasteiger partial charge on any atom is 0.214 e. The van der Waals surface area contributed by atoms with Crippen LogP contribution in [-0.2, 0) is 10.3 Å². The molecule has 3 nitrogen and oxygen atoms in total. The van der Waals surface area contributed by atoms with Crippen LogP contribution in [0.3, 0.4) is 0 Å². The van der Waals surface area contributed by atoms with Crippen molar-refractivity contribution >= 4 is 44.0 Å². The van der Waals surface area contributed by atoms with Crippen LogP contribution in [-0.4, -0.2) is 11.5 Å². The molecule has 1 N–H and O–H groups in total. The number of hydrogen-bond acceptors (Lipinski definition) is 2. The zero-order chi connectivity index (χ0) is 16.4. The molecule has 0 unspecified atom stereocenters. The molecule has 0 aliphatic heterocycles. The lowest BCUT2D eigenvalue weighted by Gasteiger charge is -2.39. The Labute approximate surface area is 152 Å². The van der Waals surface area contributed by atoms with Crippen LogP contribution in [0.1, 0.15) is 31.2 Å². The molecule has 0 aromatic heterocycles. The number of phenols is 1. The highest BCUT2D eigenvalue weighted by atomic mass is 79.9. The topological polar surface area (TPSA) is 40.5 Å². The van der Waals surface area contributed by atoms with Crippen molar-refractivity contribution in [2.45, 2.75) is 31.2 Å². The molecule has 1 fully saturated rings. The lowest BCUT2D eigenvalue weighted by atomic mass is 9.86. The van der Waals surface area contributed by atoms with Crippen molar-refractivity contribution < 1.29 is 9.90 Å². The molecule has 1 saturated carbocycles. The molecule has 2 aromatic rings. The van der Waals surface area contributed by atoms with Crippen LogP contribution in [0.5, 0.6) is 5.75 Å². The first-order chi connectivity index (χ1) is 11.1. The van der Waals surface area contributed by atoms with Gasteiger partial charge in [0, 0.05) is 5.69 Å². The molecule has 0 spiro atoms. The second-order valence-electron chi connectivity index (χ2n) is 5.84. The summed E-state index contributed by atoms with van der Waals surface area (Å²) in [4.78, 5) is 13.8. The third kappa shape index (κ3) is 2.92. The molecule has 1 amide bonds. The van der Waals surface area contributed by atoms with E-state index in [1.54, 1.807) is 12.1 Å². The van der Waals surface area contributed by atoms with E-state index in [9.17, 15) is 9.90 Å². The van der Waals surface area contributed by atoms with Crippen LogP contribution < -0.4 is 4.90 Å². The van der Waals surface area contributed by atoms with Crippen molar-refractivity contribution in [2.75, 3.05) is 4.90 Å². The molecule has 0 bridgehead atoms. The van der Waals surface area contributed by atoms with Crippen LogP contribution in [0.4, 0.5) is 5.69 Å². The molecule has 23 heavy (non-hydrogen) atoms. The van der Waals surface area contributed by atoms with Gasteiger partial charge in [-0.25, -0.2) is 0 Å². The van der Waals surface area contributed by atoms with Gasteiger partial charge in [0.05, 0.1) is 14.5 Å². The average molecular weight is 439 g/mol. The minimum Gasteiger partial charge on any atom is -0.506 e. The Morgan fingerprint density at radius 2 is 1.61 bits per heavy atom. The molecule has 0 saturated heterocycles. The van der Waals surface area contributed by atoms with Gasteiger partial charge in [-0.2, -0.15) is 0 Å². The first kappa shape index (κ1) is 16.5. The summed E-state index contributed by atoms with van der Waals surface area (Å²) in [5.41, 5.74) is 1.60. The molecule has 3 rings (SSSR count). The highest BCUT2D eigenvalue weighted by Crippen LogP contribution is 2.47. The lowest BCUT2D eigenvalue weighted by molar-refractivity contribution is -0.108. The Hall–Kier alpha value is -1.33. The van der Waals surface area contributed by atoms with Gasteiger partial charge in [-0.15, -0.1) is 0 Å². The number of amides is 1. The van der Waals surface area contributed by atoms with Crippen molar-refractivity contribution in [3.63, 3.8) is 0 Å². The first-order valence-corrected chi connectivity index (χ1v) is 9.15. The van der Waals surface area contributed by atoms with Crippen molar-refractivity contribution in [1.29, 1.82) is 0 Å². The van der Waals surface area contributed by atoms with E-state index in [1.807, 2.05) is 23.1 Å². The fourth-order valence-electron chi connectivity index (χ4n) is 3.48. The number of aromatic hydroxyl groups is 1. The number of hydrogen-bond donors (Lipinski definition) is 1. The third-order valence-corrected chi connectivity index (χ3v) is 5.80. The summed E-state index contributed by atoms with van der Waals surface area (Å²) in [6.45, 7) is 0. The number of anilines is 1. The number of carbonyl (C=O) groups excluding carboxylic acids is 1. The van der Waals surface area contributed by atoms with E-state index in [0.29, 0.717) is 8.95 Å². The van der Waals surface area contributed by atoms with E-state index in [2.05, 4.69) is 44.0 Å². The maximum absolute atomic E-state index is 12.0. The molecule has 0 radical (unpaired) electrons. The van der Waals surface area contributed by atoms with E-state index in [0.717, 1.165) is 43.3 Å². The summed E-state index contributed by atoms with van der Waals surface area (Å²) in [5.74, 6) is 0.139. The zero-order valence-corrected chi connectivity index (χ0v) is 15.7. The summed E-state index contributed by atoms with van der Waals surface area (Å²) >= 11 is 6.71. The van der Waals surface area contributed by atoms with Gasteiger partial charge in [0.25, 0.3) is 0 Å². The number of phenolic OH excluding ortho intramolecular Hbond substituents is 1. The minimum atomic E-state index is -0.321. The predicted octanol–water partition coefficient (Wildman–Crippen LogP) is 5.35. The Kier molecular flexibility index (Phi) is 4.78. The highest BCUT2D eigenvalue weighted by molar-refractivity contribution is 9.11. The molecule has 5 heteroatoms. The standard InChI is InChI=1S/C18H17Br2NO2/c19-15-10-14(11-16(20)17(15)23)21(12-22)18(8-4-5-9-18)13-6-2-1-3-7-13/h1-3,6-7,10-12,23H,4-5,8-9H2. The van der Waals surface area contributed by atoms with Crippen molar-refractivity contribution in [3.8, 4) is 5.75 Å². The van der Waals surface area contributed by atoms with Gasteiger partial charge in [-0.3, -0.25) is 4.79 Å². The Bertz CT molecular complexity index is 689. The van der Waals surface area contributed by atoms with Gasteiger partial charge < -0.3 is 10.0 Å². The maximum atomic E-state index is 12.0. The minimum absolute atomic E-state index is 0.139. The number of nitrogens with zero attached hydrogens (tertiary/aromatic N) is 1. The molecule has 120 valence electrons. The monoisotopic (exact) mass is 437 g/mol. The predicted molar refractivity (Wildman–Crippen MR) is 98.6 cm³/mol. The summed E-state index contributed by atoms with van der Waals surface area (Å²) in [6.07, 6.45) is 4.97. The normalized spacial score (nSPS) is 16.3. The van der Waals surface area contributed by atoms with Gasteiger partial charge in [0.1, 0.15) is 5.75 Å². The molecule has 1 aliphatic carbocycles. The summed E-state index contributed by atoms with van der Waals surface area (Å²) < 4.78 is 1.13. The van der Waals surface area contributed by atoms with Gasteiger partial charge >= 0.3 is 0 Å². The Morgan fingerprint density at radius 1 is 1.04 bits per heavy atom. The fourth-order valence-corrected chi connectivity index (χ4v) is 4.64. The SMILES string of the molecule is O=CN(c1cc(Br)c(O)c(Br)c1)C1(c2ccccc2)CCCC1. The van der Waals surface area contributed by atoms with E-state index < -0.39 is 0 Å². The second kappa shape index (κ2) is 6.65. The summed E-state index contributed by atoms with van der Waals surface area (Å²) in [7, 11) is 0. The molecule has 0 atom stereocenters. The second-order valence-corrected chi connectivity index (χ2v) is 7.55. The highest BCUT2D eigenvalue weighted by Gasteiger charge is 2.41. The van der Waals surface area contributed by atoms with E-state index in [1.165, 1.54) is 0 Å². The number of benzene rings is 2. The number of halogens is 2. The quantitative estimate of drug-likeness (QED) is 0.653. The van der Waals surface area contributed by atoms with Crippen LogP contribution in [0.15, 0.2) is 51.4 Å². The third-order valence-electron chi connectivity index (χ3n) is 4.59. The summed E-state index contributed by atoms with van der Waals surface area (Å²) in [6, 6.07) is 13.8. The largest absolute Gasteiger partial charge is 0.506 e. The lowest BCUT2D eigenvalue weighted by Crippen LogP contribution is -2.43. The molecular weight excluding hydrogens is 422 g/mol. The van der Waals surface area contributed by atoms with Crippen LogP contribution in [0.2, 0.25) is 0 Å². The fraction of sp³-hybridized carbons (Fsp3) is 0.278. The van der Waals surface area contributed by atoms with Gasteiger partial charge in [-0.05, 0) is 62.4 Å². The van der Waals surface area contributed by atoms with Crippen molar-refractivity contribution in [1.82, 2.24) is 0 Å². The van der Waals surface area contributed by atoms with E-state index in [-0.39, 0.29) is 11.3 Å². The number of rotatable bonds is 4. The zero-order valence-electron chi connectivity index (χ0n) is 12.5. The molecule has 2 aromatic carbocycles. The van der Waals surface area contributed by atoms with Crippen LogP contribution in [0.25, 0.3) is 0 Å². The molecule has 1 aliphatic rings. The molecule has 0 heterocycles. The smallest absolute Gasteiger partial charge is 0.214 e. The Balaban J connectivity index is 2.13. The van der Waals surface area contributed by atoms with Gasteiger partial charge in [0.2, 0.25) is 6.41 Å². The van der Waals surface area contributed by atoms with Crippen molar-refractivity contribution in [3.05, 3.63) is 57.0 Å².